The highest BCUT2D eigenvalue weighted by Gasteiger charge is 2.32. The number of hydrogen-bond acceptors (Lipinski definition) is 3. The van der Waals surface area contributed by atoms with Crippen molar-refractivity contribution in [3.8, 4) is 0 Å². The predicted octanol–water partition coefficient (Wildman–Crippen LogP) is 2.43. The topological polar surface area (TPSA) is 38.5 Å². The van der Waals surface area contributed by atoms with Crippen LogP contribution in [0, 0.1) is 5.92 Å². The van der Waals surface area contributed by atoms with E-state index in [-0.39, 0.29) is 0 Å². The predicted molar refractivity (Wildman–Crippen MR) is 79.0 cm³/mol. The van der Waals surface area contributed by atoms with Gasteiger partial charge in [0.1, 0.15) is 0 Å². The van der Waals surface area contributed by atoms with Crippen molar-refractivity contribution in [1.29, 1.82) is 0 Å². The maximum atomic E-state index is 6.01. The maximum Gasteiger partial charge on any atom is 0.0659 e. The molecule has 19 heavy (non-hydrogen) atoms. The molecule has 1 aliphatic heterocycles. The average Bonchev–Trinajstić information content (AvgIpc) is 2.45. The first-order valence-corrected chi connectivity index (χ1v) is 7.27. The molecule has 1 heterocycles. The van der Waals surface area contributed by atoms with E-state index in [1.807, 2.05) is 0 Å². The Balaban J connectivity index is 2.22. The van der Waals surface area contributed by atoms with Gasteiger partial charge >= 0.3 is 0 Å². The van der Waals surface area contributed by atoms with Gasteiger partial charge < -0.3 is 10.5 Å². The Hall–Kier alpha value is -0.900. The molecular formula is C16H26N2O. The number of nitrogens with zero attached hydrogens (tertiary/aromatic N) is 1. The smallest absolute Gasteiger partial charge is 0.0659 e. The van der Waals surface area contributed by atoms with Crippen molar-refractivity contribution in [1.82, 2.24) is 4.90 Å². The third-order valence-electron chi connectivity index (χ3n) is 4.31. The summed E-state index contributed by atoms with van der Waals surface area (Å²) in [5.74, 6) is 0.668. The normalized spacial score (nSPS) is 26.3. The lowest BCUT2D eigenvalue weighted by atomic mass is 9.88. The summed E-state index contributed by atoms with van der Waals surface area (Å²) in [5.41, 5.74) is 7.34. The van der Waals surface area contributed by atoms with Gasteiger partial charge in [-0.1, -0.05) is 37.3 Å². The van der Waals surface area contributed by atoms with Gasteiger partial charge in [-0.05, 0) is 30.9 Å². The van der Waals surface area contributed by atoms with E-state index in [2.05, 4.69) is 42.2 Å². The maximum absolute atomic E-state index is 6.01. The molecule has 3 nitrogen and oxygen atoms in total. The fourth-order valence-electron chi connectivity index (χ4n) is 3.25. The molecule has 2 N–H and O–H groups in total. The second-order valence-corrected chi connectivity index (χ2v) is 5.54. The number of piperidine rings is 1. The number of methoxy groups -OCH3 is 1. The second kappa shape index (κ2) is 7.04. The molecule has 3 heteroatoms. The van der Waals surface area contributed by atoms with Crippen molar-refractivity contribution >= 4 is 0 Å². The molecule has 0 radical (unpaired) electrons. The summed E-state index contributed by atoms with van der Waals surface area (Å²) in [6.07, 6.45) is 2.54. The minimum Gasteiger partial charge on any atom is -0.383 e. The van der Waals surface area contributed by atoms with Crippen LogP contribution in [0.5, 0.6) is 0 Å². The van der Waals surface area contributed by atoms with Crippen LogP contribution in [0.25, 0.3) is 0 Å². The van der Waals surface area contributed by atoms with Crippen LogP contribution in [0.2, 0.25) is 0 Å². The second-order valence-electron chi connectivity index (χ2n) is 5.54. The standard InChI is InChI=1S/C16H26N2O/c1-13-7-6-10-18(15(13)11-17)16(12-19-2)14-8-4-3-5-9-14/h3-5,8-9,13,15-16H,6-7,10-12,17H2,1-2H3. The molecule has 0 amide bonds. The van der Waals surface area contributed by atoms with Gasteiger partial charge in [-0.15, -0.1) is 0 Å². The average molecular weight is 262 g/mol. The Bertz CT molecular complexity index is 368. The Morgan fingerprint density at radius 2 is 2.11 bits per heavy atom. The Kier molecular flexibility index (Phi) is 5.37. The first-order valence-electron chi connectivity index (χ1n) is 7.27. The van der Waals surface area contributed by atoms with Crippen molar-refractivity contribution in [2.45, 2.75) is 31.8 Å². The third kappa shape index (κ3) is 3.35. The van der Waals surface area contributed by atoms with Crippen LogP contribution in [0.4, 0.5) is 0 Å². The Morgan fingerprint density at radius 1 is 1.37 bits per heavy atom. The molecule has 1 aromatic carbocycles. The Labute approximate surface area is 116 Å². The highest BCUT2D eigenvalue weighted by molar-refractivity contribution is 5.19. The molecule has 0 aromatic heterocycles. The van der Waals surface area contributed by atoms with Crippen molar-refractivity contribution in [2.24, 2.45) is 11.7 Å². The summed E-state index contributed by atoms with van der Waals surface area (Å²) in [7, 11) is 1.78. The molecule has 3 unspecified atom stereocenters. The molecule has 1 aliphatic rings. The van der Waals surface area contributed by atoms with Gasteiger partial charge in [0.25, 0.3) is 0 Å². The number of ether oxygens (including phenoxy) is 1. The largest absolute Gasteiger partial charge is 0.383 e. The molecule has 1 aromatic rings. The zero-order valence-electron chi connectivity index (χ0n) is 12.1. The molecule has 1 fully saturated rings. The van der Waals surface area contributed by atoms with Crippen LogP contribution in [-0.2, 0) is 4.74 Å². The van der Waals surface area contributed by atoms with Gasteiger partial charge in [0.15, 0.2) is 0 Å². The molecule has 0 bridgehead atoms. The van der Waals surface area contributed by atoms with E-state index < -0.39 is 0 Å². The summed E-state index contributed by atoms with van der Waals surface area (Å²) in [4.78, 5) is 2.55. The molecule has 0 saturated carbocycles. The van der Waals surface area contributed by atoms with Crippen molar-refractivity contribution in [3.05, 3.63) is 35.9 Å². The van der Waals surface area contributed by atoms with Crippen LogP contribution < -0.4 is 5.73 Å². The quantitative estimate of drug-likeness (QED) is 0.885. The molecule has 1 saturated heterocycles. The summed E-state index contributed by atoms with van der Waals surface area (Å²) >= 11 is 0. The first-order chi connectivity index (χ1) is 9.27. The monoisotopic (exact) mass is 262 g/mol. The van der Waals surface area contributed by atoms with Crippen LogP contribution in [0.1, 0.15) is 31.4 Å². The number of rotatable bonds is 5. The fraction of sp³-hybridized carbons (Fsp3) is 0.625. The molecule has 0 aliphatic carbocycles. The molecule has 3 atom stereocenters. The summed E-state index contributed by atoms with van der Waals surface area (Å²) in [5, 5.41) is 0. The molecular weight excluding hydrogens is 236 g/mol. The molecule has 0 spiro atoms. The summed E-state index contributed by atoms with van der Waals surface area (Å²) in [6.45, 7) is 4.90. The lowest BCUT2D eigenvalue weighted by Crippen LogP contribution is -2.50. The van der Waals surface area contributed by atoms with Gasteiger partial charge in [0, 0.05) is 19.7 Å². The van der Waals surface area contributed by atoms with E-state index in [9.17, 15) is 0 Å². The van der Waals surface area contributed by atoms with Crippen LogP contribution >= 0.6 is 0 Å². The van der Waals surface area contributed by atoms with Gasteiger partial charge in [0.05, 0.1) is 12.6 Å². The minimum atomic E-state index is 0.322. The number of hydrogen-bond donors (Lipinski definition) is 1. The minimum absolute atomic E-state index is 0.322. The van der Waals surface area contributed by atoms with Crippen molar-refractivity contribution < 1.29 is 4.74 Å². The van der Waals surface area contributed by atoms with Crippen molar-refractivity contribution in [3.63, 3.8) is 0 Å². The Morgan fingerprint density at radius 3 is 2.74 bits per heavy atom. The third-order valence-corrected chi connectivity index (χ3v) is 4.31. The zero-order chi connectivity index (χ0) is 13.7. The number of benzene rings is 1. The van der Waals surface area contributed by atoms with Gasteiger partial charge in [-0.2, -0.15) is 0 Å². The van der Waals surface area contributed by atoms with Crippen LogP contribution in [0.15, 0.2) is 30.3 Å². The lowest BCUT2D eigenvalue weighted by molar-refractivity contribution is 0.0201. The fourth-order valence-corrected chi connectivity index (χ4v) is 3.25. The highest BCUT2D eigenvalue weighted by atomic mass is 16.5. The lowest BCUT2D eigenvalue weighted by Gasteiger charge is -2.44. The SMILES string of the molecule is COCC(c1ccccc1)N1CCCC(C)C1CN. The molecule has 2 rings (SSSR count). The number of nitrogens with two attached hydrogens (primary N) is 1. The summed E-state index contributed by atoms with van der Waals surface area (Å²) < 4.78 is 5.46. The number of likely N-dealkylation sites (tertiary alicyclic amines) is 1. The summed E-state index contributed by atoms with van der Waals surface area (Å²) in [6, 6.07) is 11.4. The van der Waals surface area contributed by atoms with Gasteiger partial charge in [-0.25, -0.2) is 0 Å². The van der Waals surface area contributed by atoms with Crippen LogP contribution in [-0.4, -0.2) is 37.7 Å². The van der Waals surface area contributed by atoms with Crippen LogP contribution in [0.3, 0.4) is 0 Å². The van der Waals surface area contributed by atoms with E-state index in [1.54, 1.807) is 7.11 Å². The molecule has 106 valence electrons. The van der Waals surface area contributed by atoms with E-state index in [0.717, 1.165) is 19.7 Å². The first kappa shape index (κ1) is 14.5. The van der Waals surface area contributed by atoms with Crippen molar-refractivity contribution in [2.75, 3.05) is 26.8 Å². The van der Waals surface area contributed by atoms with Gasteiger partial charge in [-0.3, -0.25) is 4.90 Å². The van der Waals surface area contributed by atoms with E-state index in [4.69, 9.17) is 10.5 Å². The van der Waals surface area contributed by atoms with Gasteiger partial charge in [0.2, 0.25) is 0 Å². The van der Waals surface area contributed by atoms with E-state index in [0.29, 0.717) is 18.0 Å². The van der Waals surface area contributed by atoms with E-state index >= 15 is 0 Å². The van der Waals surface area contributed by atoms with E-state index in [1.165, 1.54) is 18.4 Å². The highest BCUT2D eigenvalue weighted by Crippen LogP contribution is 2.31. The zero-order valence-corrected chi connectivity index (χ0v) is 12.1.